The van der Waals surface area contributed by atoms with Crippen molar-refractivity contribution in [2.45, 2.75) is 13.0 Å². The largest absolute Gasteiger partial charge is 0.444 e. The average Bonchev–Trinajstić information content (AvgIpc) is 2.76. The Labute approximate surface area is 118 Å². The summed E-state index contributed by atoms with van der Waals surface area (Å²) < 4.78 is 5.71. The summed E-state index contributed by atoms with van der Waals surface area (Å²) in [5.41, 5.74) is 0.946. The number of amides is 1. The highest BCUT2D eigenvalue weighted by molar-refractivity contribution is 9.10. The Morgan fingerprint density at radius 2 is 2.17 bits per heavy atom. The van der Waals surface area contributed by atoms with Crippen LogP contribution in [0.5, 0.6) is 0 Å². The van der Waals surface area contributed by atoms with Gasteiger partial charge in [-0.3, -0.25) is 4.79 Å². The maximum atomic E-state index is 11.9. The molecule has 3 nitrogen and oxygen atoms in total. The Bertz CT molecular complexity index is 568. The van der Waals surface area contributed by atoms with Gasteiger partial charge in [-0.25, -0.2) is 0 Å². The summed E-state index contributed by atoms with van der Waals surface area (Å²) in [5.74, 6) is 0.0175. The lowest BCUT2D eigenvalue weighted by atomic mass is 10.1. The minimum absolute atomic E-state index is 0.139. The van der Waals surface area contributed by atoms with Crippen LogP contribution < -0.4 is 5.32 Å². The molecule has 0 saturated heterocycles. The Morgan fingerprint density at radius 1 is 1.39 bits per heavy atom. The van der Waals surface area contributed by atoms with Crippen LogP contribution >= 0.6 is 27.5 Å². The molecule has 1 N–H and O–H groups in total. The van der Waals surface area contributed by atoms with Gasteiger partial charge in [-0.05, 0) is 52.7 Å². The van der Waals surface area contributed by atoms with E-state index in [0.29, 0.717) is 9.69 Å². The van der Waals surface area contributed by atoms with Crippen molar-refractivity contribution in [1.82, 2.24) is 5.32 Å². The first-order chi connectivity index (χ1) is 8.56. The van der Waals surface area contributed by atoms with Gasteiger partial charge in [-0.2, -0.15) is 0 Å². The molecular weight excluding hydrogens is 318 g/mol. The number of nitrogens with one attached hydrogen (secondary N) is 1. The van der Waals surface area contributed by atoms with E-state index in [9.17, 15) is 4.79 Å². The summed E-state index contributed by atoms with van der Waals surface area (Å²) in [6, 6.07) is 10.5. The monoisotopic (exact) mass is 327 g/mol. The van der Waals surface area contributed by atoms with Crippen molar-refractivity contribution in [2.24, 2.45) is 0 Å². The summed E-state index contributed by atoms with van der Waals surface area (Å²) in [6.45, 7) is 1.89. The van der Waals surface area contributed by atoms with Crippen LogP contribution in [0.2, 0.25) is 5.02 Å². The van der Waals surface area contributed by atoms with Gasteiger partial charge in [-0.1, -0.05) is 23.7 Å². The molecule has 94 valence electrons. The van der Waals surface area contributed by atoms with Crippen LogP contribution in [0.25, 0.3) is 0 Å². The van der Waals surface area contributed by atoms with Gasteiger partial charge in [0.15, 0.2) is 10.4 Å². The van der Waals surface area contributed by atoms with Gasteiger partial charge in [0.1, 0.15) is 0 Å². The molecule has 2 rings (SSSR count). The van der Waals surface area contributed by atoms with Gasteiger partial charge in [0.25, 0.3) is 5.91 Å². The molecule has 1 aromatic carbocycles. The van der Waals surface area contributed by atoms with Crippen LogP contribution in [0.1, 0.15) is 29.1 Å². The molecule has 1 amide bonds. The van der Waals surface area contributed by atoms with Gasteiger partial charge in [-0.15, -0.1) is 0 Å². The van der Waals surface area contributed by atoms with E-state index in [2.05, 4.69) is 21.2 Å². The fourth-order valence-corrected chi connectivity index (χ4v) is 2.07. The van der Waals surface area contributed by atoms with Crippen LogP contribution in [-0.4, -0.2) is 5.91 Å². The molecule has 5 heteroatoms. The Balaban J connectivity index is 2.07. The average molecular weight is 329 g/mol. The zero-order valence-corrected chi connectivity index (χ0v) is 12.0. The molecule has 1 atom stereocenters. The first-order valence-electron chi connectivity index (χ1n) is 5.38. The number of benzene rings is 1. The van der Waals surface area contributed by atoms with Crippen LogP contribution in [0, 0.1) is 0 Å². The van der Waals surface area contributed by atoms with Gasteiger partial charge in [0.2, 0.25) is 0 Å². The van der Waals surface area contributed by atoms with E-state index in [-0.39, 0.29) is 17.7 Å². The number of halogens is 2. The molecule has 1 unspecified atom stereocenters. The molecule has 0 fully saturated rings. The molecule has 2 aromatic rings. The fourth-order valence-electron chi connectivity index (χ4n) is 1.56. The number of hydrogen-bond donors (Lipinski definition) is 1. The van der Waals surface area contributed by atoms with Crippen molar-refractivity contribution in [3.05, 3.63) is 57.4 Å². The molecule has 0 aliphatic heterocycles. The number of furan rings is 1. The van der Waals surface area contributed by atoms with E-state index >= 15 is 0 Å². The fraction of sp³-hybridized carbons (Fsp3) is 0.154. The van der Waals surface area contributed by atoms with Crippen molar-refractivity contribution in [1.29, 1.82) is 0 Å². The third kappa shape index (κ3) is 3.15. The highest BCUT2D eigenvalue weighted by Crippen LogP contribution is 2.19. The third-order valence-electron chi connectivity index (χ3n) is 2.49. The first kappa shape index (κ1) is 13.2. The van der Waals surface area contributed by atoms with Crippen LogP contribution in [-0.2, 0) is 0 Å². The molecule has 0 saturated carbocycles. The SMILES string of the molecule is CC(NC(=O)c1ccc(Br)o1)c1cccc(Cl)c1. The lowest BCUT2D eigenvalue weighted by Gasteiger charge is -2.13. The molecule has 0 spiro atoms. The summed E-state index contributed by atoms with van der Waals surface area (Å²) in [5, 5.41) is 3.49. The van der Waals surface area contributed by atoms with E-state index in [0.717, 1.165) is 5.56 Å². The van der Waals surface area contributed by atoms with Crippen molar-refractivity contribution in [3.63, 3.8) is 0 Å². The molecule has 0 bridgehead atoms. The van der Waals surface area contributed by atoms with E-state index < -0.39 is 0 Å². The number of carbonyl (C=O) groups is 1. The van der Waals surface area contributed by atoms with E-state index in [4.69, 9.17) is 16.0 Å². The second-order valence-corrected chi connectivity index (χ2v) is 5.07. The predicted octanol–water partition coefficient (Wildman–Crippen LogP) is 4.19. The van der Waals surface area contributed by atoms with E-state index in [1.165, 1.54) is 0 Å². The van der Waals surface area contributed by atoms with Gasteiger partial charge in [0.05, 0.1) is 6.04 Å². The summed E-state index contributed by atoms with van der Waals surface area (Å²) in [4.78, 5) is 11.9. The smallest absolute Gasteiger partial charge is 0.287 e. The highest BCUT2D eigenvalue weighted by Gasteiger charge is 2.14. The Kier molecular flexibility index (Phi) is 4.09. The van der Waals surface area contributed by atoms with Crippen LogP contribution in [0.4, 0.5) is 0 Å². The number of rotatable bonds is 3. The Hall–Kier alpha value is -1.26. The Morgan fingerprint density at radius 3 is 2.78 bits per heavy atom. The standard InChI is InChI=1S/C13H11BrClNO2/c1-8(9-3-2-4-10(15)7-9)16-13(17)11-5-6-12(14)18-11/h2-8H,1H3,(H,16,17). The maximum Gasteiger partial charge on any atom is 0.287 e. The van der Waals surface area contributed by atoms with Crippen molar-refractivity contribution >= 4 is 33.4 Å². The molecule has 18 heavy (non-hydrogen) atoms. The van der Waals surface area contributed by atoms with Gasteiger partial charge < -0.3 is 9.73 Å². The normalized spacial score (nSPS) is 12.2. The summed E-state index contributed by atoms with van der Waals surface area (Å²) >= 11 is 9.07. The van der Waals surface area contributed by atoms with Crippen LogP contribution in [0.15, 0.2) is 45.5 Å². The van der Waals surface area contributed by atoms with E-state index in [1.807, 2.05) is 25.1 Å². The topological polar surface area (TPSA) is 42.2 Å². The predicted molar refractivity (Wildman–Crippen MR) is 73.7 cm³/mol. The van der Waals surface area contributed by atoms with Crippen molar-refractivity contribution in [2.75, 3.05) is 0 Å². The highest BCUT2D eigenvalue weighted by atomic mass is 79.9. The molecular formula is C13H11BrClNO2. The minimum atomic E-state index is -0.256. The third-order valence-corrected chi connectivity index (χ3v) is 3.15. The number of hydrogen-bond acceptors (Lipinski definition) is 2. The van der Waals surface area contributed by atoms with Crippen LogP contribution in [0.3, 0.4) is 0 Å². The van der Waals surface area contributed by atoms with Crippen molar-refractivity contribution in [3.8, 4) is 0 Å². The van der Waals surface area contributed by atoms with Gasteiger partial charge >= 0.3 is 0 Å². The van der Waals surface area contributed by atoms with E-state index in [1.54, 1.807) is 18.2 Å². The summed E-state index contributed by atoms with van der Waals surface area (Å²) in [7, 11) is 0. The quantitative estimate of drug-likeness (QED) is 0.918. The molecule has 0 aliphatic rings. The zero-order chi connectivity index (χ0) is 13.1. The summed E-state index contributed by atoms with van der Waals surface area (Å²) in [6.07, 6.45) is 0. The van der Waals surface area contributed by atoms with Gasteiger partial charge in [0, 0.05) is 5.02 Å². The molecule has 1 aromatic heterocycles. The molecule has 0 radical (unpaired) electrons. The molecule has 0 aliphatic carbocycles. The number of carbonyl (C=O) groups excluding carboxylic acids is 1. The zero-order valence-electron chi connectivity index (χ0n) is 9.61. The second-order valence-electron chi connectivity index (χ2n) is 3.85. The van der Waals surface area contributed by atoms with Crippen molar-refractivity contribution < 1.29 is 9.21 Å². The first-order valence-corrected chi connectivity index (χ1v) is 6.55. The lowest BCUT2D eigenvalue weighted by molar-refractivity contribution is 0.0910. The maximum absolute atomic E-state index is 11.9. The lowest BCUT2D eigenvalue weighted by Crippen LogP contribution is -2.26. The minimum Gasteiger partial charge on any atom is -0.444 e. The molecule has 1 heterocycles. The second kappa shape index (κ2) is 5.59.